The van der Waals surface area contributed by atoms with Crippen LogP contribution in [0.5, 0.6) is 0 Å². The molecule has 1 amide bonds. The van der Waals surface area contributed by atoms with Gasteiger partial charge in [-0.25, -0.2) is 9.59 Å². The van der Waals surface area contributed by atoms with Crippen LogP contribution in [0.4, 0.5) is 4.79 Å². The fourth-order valence-electron chi connectivity index (χ4n) is 3.85. The van der Waals surface area contributed by atoms with E-state index in [0.717, 1.165) is 35.5 Å². The Bertz CT molecular complexity index is 865. The molecule has 0 aromatic rings. The van der Waals surface area contributed by atoms with E-state index in [1.807, 2.05) is 6.92 Å². The van der Waals surface area contributed by atoms with Crippen LogP contribution >= 0.6 is 23.5 Å². The zero-order valence-electron chi connectivity index (χ0n) is 20.2. The number of aliphatic hydroxyl groups is 1. The molecule has 2 fully saturated rings. The minimum Gasteiger partial charge on any atom is -0.428 e. The summed E-state index contributed by atoms with van der Waals surface area (Å²) in [6, 6.07) is -0.00438. The highest BCUT2D eigenvalue weighted by Gasteiger charge is 2.53. The molecule has 0 saturated carbocycles. The molecule has 2 atom stereocenters. The van der Waals surface area contributed by atoms with Crippen molar-refractivity contribution in [2.45, 2.75) is 57.9 Å². The second kappa shape index (κ2) is 11.2. The Hall–Kier alpha value is -1.92. The van der Waals surface area contributed by atoms with Gasteiger partial charge < -0.3 is 29.1 Å². The van der Waals surface area contributed by atoms with E-state index in [1.54, 1.807) is 51.2 Å². The molecule has 4 rings (SSSR count). The fraction of sp³-hybridized carbons (Fsp3) is 0.727. The van der Waals surface area contributed by atoms with E-state index in [0.29, 0.717) is 11.7 Å². The van der Waals surface area contributed by atoms with Gasteiger partial charge in [-0.05, 0) is 27.7 Å². The number of amides is 1. The summed E-state index contributed by atoms with van der Waals surface area (Å²) >= 11 is 3.42. The van der Waals surface area contributed by atoms with E-state index in [4.69, 9.17) is 19.3 Å². The van der Waals surface area contributed by atoms with Crippen LogP contribution in [0.2, 0.25) is 0 Å². The van der Waals surface area contributed by atoms with Crippen LogP contribution in [0.15, 0.2) is 15.6 Å². The Morgan fingerprint density at radius 3 is 2.50 bits per heavy atom. The molecule has 10 nitrogen and oxygen atoms in total. The van der Waals surface area contributed by atoms with Gasteiger partial charge in [0.25, 0.3) is 0 Å². The predicted octanol–water partition coefficient (Wildman–Crippen LogP) is 2.42. The van der Waals surface area contributed by atoms with Crippen LogP contribution < -0.4 is 0 Å². The lowest BCUT2D eigenvalue weighted by Gasteiger charge is -2.40. The third-order valence-corrected chi connectivity index (χ3v) is 7.86. The Labute approximate surface area is 208 Å². The van der Waals surface area contributed by atoms with Crippen LogP contribution in [0.3, 0.4) is 0 Å². The van der Waals surface area contributed by atoms with Crippen molar-refractivity contribution in [1.82, 2.24) is 9.80 Å². The quantitative estimate of drug-likeness (QED) is 0.332. The van der Waals surface area contributed by atoms with Crippen molar-refractivity contribution in [1.29, 1.82) is 0 Å². The van der Waals surface area contributed by atoms with Gasteiger partial charge in [-0.3, -0.25) is 9.79 Å². The van der Waals surface area contributed by atoms with Gasteiger partial charge in [0.2, 0.25) is 12.7 Å². The summed E-state index contributed by atoms with van der Waals surface area (Å²) in [7, 11) is 0. The van der Waals surface area contributed by atoms with Crippen LogP contribution in [-0.4, -0.2) is 93.8 Å². The number of aliphatic imine (C=N–C) groups is 1. The summed E-state index contributed by atoms with van der Waals surface area (Å²) < 4.78 is 15.0. The molecule has 0 aliphatic carbocycles. The molecule has 0 spiro atoms. The van der Waals surface area contributed by atoms with Gasteiger partial charge in [0.05, 0.1) is 12.6 Å². The summed E-state index contributed by atoms with van der Waals surface area (Å²) in [5, 5.41) is 9.00. The molecule has 12 heteroatoms. The molecule has 4 aliphatic heterocycles. The Morgan fingerprint density at radius 2 is 1.94 bits per heavy atom. The third-order valence-electron chi connectivity index (χ3n) is 5.38. The lowest BCUT2D eigenvalue weighted by Crippen LogP contribution is -2.52. The Morgan fingerprint density at radius 1 is 1.26 bits per heavy atom. The Kier molecular flexibility index (Phi) is 8.80. The second-order valence-electron chi connectivity index (χ2n) is 9.17. The van der Waals surface area contributed by atoms with E-state index >= 15 is 0 Å². The first-order valence-electron chi connectivity index (χ1n) is 11.3. The summed E-state index contributed by atoms with van der Waals surface area (Å²) in [4.78, 5) is 45.8. The maximum absolute atomic E-state index is 12.8. The van der Waals surface area contributed by atoms with Crippen molar-refractivity contribution in [2.75, 3.05) is 38.8 Å². The summed E-state index contributed by atoms with van der Waals surface area (Å²) in [6.07, 6.45) is -0.482. The molecular formula is C22H33N3O7S2. The second-order valence-corrected chi connectivity index (χ2v) is 11.6. The number of aliphatic hydroxyl groups excluding tert-OH is 1. The summed E-state index contributed by atoms with van der Waals surface area (Å²) in [6.45, 7) is 11.2. The Balaban J connectivity index is 0.00000103. The number of hydrogen-bond donors (Lipinski definition) is 1. The molecule has 0 aromatic heterocycles. The number of thioether (sulfide) groups is 2. The van der Waals surface area contributed by atoms with Gasteiger partial charge in [0.15, 0.2) is 5.17 Å². The largest absolute Gasteiger partial charge is 0.511 e. The average Bonchev–Trinajstić information content (AvgIpc) is 3.29. The summed E-state index contributed by atoms with van der Waals surface area (Å²) in [5.41, 5.74) is -0.414. The molecule has 0 aromatic carbocycles. The van der Waals surface area contributed by atoms with E-state index in [9.17, 15) is 14.4 Å². The zero-order valence-corrected chi connectivity index (χ0v) is 21.9. The van der Waals surface area contributed by atoms with Crippen molar-refractivity contribution >= 4 is 46.7 Å². The highest BCUT2D eigenvalue weighted by molar-refractivity contribution is 8.14. The third kappa shape index (κ3) is 6.19. The van der Waals surface area contributed by atoms with E-state index in [-0.39, 0.29) is 30.2 Å². The normalized spacial score (nSPS) is 23.9. The first-order valence-corrected chi connectivity index (χ1v) is 13.2. The number of nitrogens with zero attached hydrogens (tertiary/aromatic N) is 3. The average molecular weight is 516 g/mol. The van der Waals surface area contributed by atoms with Crippen LogP contribution in [0.25, 0.3) is 0 Å². The SMILES string of the molecule is CC1C(SC2CN(C3=NCCS3)C2)=C(C(=O)OCOC(=O)OC(C)(C)C)N2C(=O)CC12.CCO. The van der Waals surface area contributed by atoms with Crippen molar-refractivity contribution in [2.24, 2.45) is 10.9 Å². The number of amidine groups is 1. The molecule has 2 unspecified atom stereocenters. The first-order chi connectivity index (χ1) is 16.1. The smallest absolute Gasteiger partial charge is 0.428 e. The maximum Gasteiger partial charge on any atom is 0.511 e. The van der Waals surface area contributed by atoms with E-state index in [2.05, 4.69) is 9.89 Å². The maximum atomic E-state index is 12.8. The number of carbonyl (C=O) groups excluding carboxylic acids is 3. The molecule has 34 heavy (non-hydrogen) atoms. The lowest BCUT2D eigenvalue weighted by atomic mass is 9.94. The van der Waals surface area contributed by atoms with E-state index < -0.39 is 24.5 Å². The van der Waals surface area contributed by atoms with Crippen LogP contribution in [-0.2, 0) is 23.8 Å². The van der Waals surface area contributed by atoms with Crippen LogP contribution in [0, 0.1) is 5.92 Å². The standard InChI is InChI=1S/C20H27N3O6S2.C2H6O/c1-11-13-7-14(24)23(13)15(17(25)27-10-28-19(26)29-20(2,3)4)16(11)31-12-8-22(9-12)18-21-5-6-30-18;1-2-3/h11-13H,5-10H2,1-4H3;3H,2H2,1H3. The van der Waals surface area contributed by atoms with Gasteiger partial charge in [0.1, 0.15) is 11.3 Å². The molecule has 190 valence electrons. The molecular weight excluding hydrogens is 482 g/mol. The minimum absolute atomic E-state index is 0.00438. The molecule has 1 N–H and O–H groups in total. The van der Waals surface area contributed by atoms with Crippen molar-refractivity contribution in [3.8, 4) is 0 Å². The van der Waals surface area contributed by atoms with Gasteiger partial charge in [-0.15, -0.1) is 11.8 Å². The molecule has 0 bridgehead atoms. The number of carbonyl (C=O) groups is 3. The minimum atomic E-state index is -0.913. The molecule has 4 aliphatic rings. The molecule has 4 heterocycles. The number of β-lactam (4-membered cyclic amide) rings is 1. The zero-order chi connectivity index (χ0) is 25.0. The number of esters is 1. The number of likely N-dealkylation sites (tertiary alicyclic amines) is 1. The predicted molar refractivity (Wildman–Crippen MR) is 130 cm³/mol. The van der Waals surface area contributed by atoms with Crippen molar-refractivity contribution < 1.29 is 33.7 Å². The van der Waals surface area contributed by atoms with Gasteiger partial charge in [0, 0.05) is 47.9 Å². The van der Waals surface area contributed by atoms with Crippen LogP contribution in [0.1, 0.15) is 41.0 Å². The monoisotopic (exact) mass is 515 g/mol. The van der Waals surface area contributed by atoms with Gasteiger partial charge >= 0.3 is 12.1 Å². The highest BCUT2D eigenvalue weighted by Crippen LogP contribution is 2.49. The summed E-state index contributed by atoms with van der Waals surface area (Å²) in [5.74, 6) is 0.371. The number of ether oxygens (including phenoxy) is 3. The van der Waals surface area contributed by atoms with Gasteiger partial charge in [-0.2, -0.15) is 0 Å². The van der Waals surface area contributed by atoms with Crippen molar-refractivity contribution in [3.05, 3.63) is 10.6 Å². The number of fused-ring (bicyclic) bond motifs is 1. The van der Waals surface area contributed by atoms with Gasteiger partial charge in [-0.1, -0.05) is 18.7 Å². The molecule has 0 radical (unpaired) electrons. The topological polar surface area (TPSA) is 118 Å². The number of rotatable bonds is 5. The fourth-order valence-corrected chi connectivity index (χ4v) is 6.26. The lowest BCUT2D eigenvalue weighted by molar-refractivity contribution is -0.157. The first kappa shape index (κ1) is 26.7. The number of hydrogen-bond acceptors (Lipinski definition) is 11. The highest BCUT2D eigenvalue weighted by atomic mass is 32.2. The van der Waals surface area contributed by atoms with Crippen molar-refractivity contribution in [3.63, 3.8) is 0 Å². The van der Waals surface area contributed by atoms with E-state index in [1.165, 1.54) is 4.90 Å². The molecule has 2 saturated heterocycles.